The predicted octanol–water partition coefficient (Wildman–Crippen LogP) is 3.63. The zero-order chi connectivity index (χ0) is 12.5. The second-order valence-electron chi connectivity index (χ2n) is 4.84. The molecule has 0 N–H and O–H groups in total. The molecule has 3 nitrogen and oxygen atoms in total. The van der Waals surface area contributed by atoms with Crippen LogP contribution in [-0.4, -0.2) is 23.1 Å². The van der Waals surface area contributed by atoms with E-state index in [1.54, 1.807) is 6.33 Å². The first-order chi connectivity index (χ1) is 8.78. The first-order valence-corrected chi connectivity index (χ1v) is 7.22. The number of fused-ring (bicyclic) bond motifs is 1. The number of hydrogen-bond acceptors (Lipinski definition) is 3. The smallest absolute Gasteiger partial charge is 0.139 e. The fourth-order valence-electron chi connectivity index (χ4n) is 2.24. The summed E-state index contributed by atoms with van der Waals surface area (Å²) in [6.45, 7) is 4.30. The molecule has 0 atom stereocenters. The summed E-state index contributed by atoms with van der Waals surface area (Å²) < 4.78 is 1.08. The van der Waals surface area contributed by atoms with Crippen LogP contribution in [0.2, 0.25) is 0 Å². The predicted molar refractivity (Wildman–Crippen MR) is 77.8 cm³/mol. The van der Waals surface area contributed by atoms with E-state index in [2.05, 4.69) is 43.8 Å². The van der Waals surface area contributed by atoms with Gasteiger partial charge < -0.3 is 4.90 Å². The molecule has 0 aliphatic heterocycles. The summed E-state index contributed by atoms with van der Waals surface area (Å²) >= 11 is 3.53. The summed E-state index contributed by atoms with van der Waals surface area (Å²) in [4.78, 5) is 11.2. The molecule has 1 fully saturated rings. The van der Waals surface area contributed by atoms with Crippen molar-refractivity contribution in [3.05, 3.63) is 29.0 Å². The van der Waals surface area contributed by atoms with Crippen LogP contribution in [0.1, 0.15) is 19.8 Å². The molecule has 0 bridgehead atoms. The largest absolute Gasteiger partial charge is 0.356 e. The molecule has 0 saturated heterocycles. The third-order valence-electron chi connectivity index (χ3n) is 3.43. The van der Waals surface area contributed by atoms with Gasteiger partial charge in [0.25, 0.3) is 0 Å². The maximum absolute atomic E-state index is 4.49. The van der Waals surface area contributed by atoms with Crippen LogP contribution < -0.4 is 4.90 Å². The van der Waals surface area contributed by atoms with E-state index in [1.807, 2.05) is 12.1 Å². The first-order valence-electron chi connectivity index (χ1n) is 6.43. The van der Waals surface area contributed by atoms with E-state index in [-0.39, 0.29) is 0 Å². The van der Waals surface area contributed by atoms with Crippen LogP contribution in [0.5, 0.6) is 0 Å². The Kier molecular flexibility index (Phi) is 3.20. The second-order valence-corrected chi connectivity index (χ2v) is 5.76. The highest BCUT2D eigenvalue weighted by Gasteiger charge is 2.25. The van der Waals surface area contributed by atoms with Crippen molar-refractivity contribution in [2.24, 2.45) is 5.92 Å². The summed E-state index contributed by atoms with van der Waals surface area (Å²) in [5, 5.41) is 1.13. The molecule has 1 aliphatic carbocycles. The normalized spacial score (nSPS) is 15.0. The minimum absolute atomic E-state index is 0.863. The fourth-order valence-corrected chi connectivity index (χ4v) is 2.61. The summed E-state index contributed by atoms with van der Waals surface area (Å²) in [6, 6.07) is 6.17. The number of hydrogen-bond donors (Lipinski definition) is 0. The van der Waals surface area contributed by atoms with Crippen molar-refractivity contribution in [3.8, 4) is 0 Å². The molecule has 1 heterocycles. The topological polar surface area (TPSA) is 29.0 Å². The minimum atomic E-state index is 0.863. The Labute approximate surface area is 115 Å². The van der Waals surface area contributed by atoms with Crippen molar-refractivity contribution in [2.75, 3.05) is 18.0 Å². The van der Waals surface area contributed by atoms with E-state index in [9.17, 15) is 0 Å². The average Bonchev–Trinajstić information content (AvgIpc) is 3.19. The number of benzene rings is 1. The quantitative estimate of drug-likeness (QED) is 0.864. The van der Waals surface area contributed by atoms with E-state index in [4.69, 9.17) is 0 Å². The monoisotopic (exact) mass is 305 g/mol. The van der Waals surface area contributed by atoms with Crippen LogP contribution in [0, 0.1) is 5.92 Å². The van der Waals surface area contributed by atoms with E-state index < -0.39 is 0 Å². The van der Waals surface area contributed by atoms with E-state index in [0.717, 1.165) is 40.2 Å². The third kappa shape index (κ3) is 2.34. The van der Waals surface area contributed by atoms with Gasteiger partial charge in [-0.2, -0.15) is 0 Å². The summed E-state index contributed by atoms with van der Waals surface area (Å²) in [6.07, 6.45) is 4.40. The number of rotatable bonds is 4. The van der Waals surface area contributed by atoms with Crippen LogP contribution in [-0.2, 0) is 0 Å². The van der Waals surface area contributed by atoms with Gasteiger partial charge in [0.15, 0.2) is 0 Å². The van der Waals surface area contributed by atoms with Gasteiger partial charge in [0, 0.05) is 22.9 Å². The third-order valence-corrected chi connectivity index (χ3v) is 3.93. The van der Waals surface area contributed by atoms with Crippen molar-refractivity contribution in [1.29, 1.82) is 0 Å². The van der Waals surface area contributed by atoms with Crippen molar-refractivity contribution in [2.45, 2.75) is 19.8 Å². The number of aromatic nitrogens is 2. The Morgan fingerprint density at radius 2 is 2.17 bits per heavy atom. The van der Waals surface area contributed by atoms with Crippen molar-refractivity contribution >= 4 is 32.7 Å². The summed E-state index contributed by atoms with van der Waals surface area (Å²) in [7, 11) is 0. The first kappa shape index (κ1) is 11.9. The van der Waals surface area contributed by atoms with E-state index in [0.29, 0.717) is 0 Å². The zero-order valence-corrected chi connectivity index (χ0v) is 12.0. The van der Waals surface area contributed by atoms with Crippen LogP contribution in [0.15, 0.2) is 29.0 Å². The molecule has 2 aromatic rings. The zero-order valence-electron chi connectivity index (χ0n) is 10.4. The van der Waals surface area contributed by atoms with Gasteiger partial charge >= 0.3 is 0 Å². The average molecular weight is 306 g/mol. The number of halogens is 1. The van der Waals surface area contributed by atoms with Gasteiger partial charge in [-0.15, -0.1) is 0 Å². The Balaban J connectivity index is 2.05. The molecule has 1 saturated carbocycles. The van der Waals surface area contributed by atoms with Gasteiger partial charge in [0.1, 0.15) is 12.1 Å². The van der Waals surface area contributed by atoms with Gasteiger partial charge in [-0.3, -0.25) is 0 Å². The molecule has 0 spiro atoms. The lowest BCUT2D eigenvalue weighted by molar-refractivity contribution is 0.734. The maximum Gasteiger partial charge on any atom is 0.139 e. The van der Waals surface area contributed by atoms with Gasteiger partial charge in [-0.05, 0) is 43.9 Å². The molecule has 4 heteroatoms. The molecular weight excluding hydrogens is 290 g/mol. The lowest BCUT2D eigenvalue weighted by Gasteiger charge is -2.23. The fraction of sp³-hybridized carbons (Fsp3) is 0.429. The molecule has 1 aliphatic rings. The maximum atomic E-state index is 4.49. The second kappa shape index (κ2) is 4.84. The Bertz CT molecular complexity index is 566. The van der Waals surface area contributed by atoms with Gasteiger partial charge in [0.2, 0.25) is 0 Å². The molecular formula is C14H16BrN3. The van der Waals surface area contributed by atoms with Crippen molar-refractivity contribution in [3.63, 3.8) is 0 Å². The molecule has 0 amide bonds. The molecule has 1 aromatic carbocycles. The Morgan fingerprint density at radius 1 is 1.33 bits per heavy atom. The van der Waals surface area contributed by atoms with Crippen molar-refractivity contribution in [1.82, 2.24) is 9.97 Å². The number of nitrogens with zero attached hydrogens (tertiary/aromatic N) is 3. The van der Waals surface area contributed by atoms with Crippen LogP contribution in [0.25, 0.3) is 10.9 Å². The molecule has 94 valence electrons. The highest BCUT2D eigenvalue weighted by Crippen LogP contribution is 2.33. The molecule has 0 radical (unpaired) electrons. The Hall–Kier alpha value is -1.16. The van der Waals surface area contributed by atoms with Gasteiger partial charge in [-0.25, -0.2) is 9.97 Å². The lowest BCUT2D eigenvalue weighted by Crippen LogP contribution is -2.26. The standard InChI is InChI=1S/C14H16BrN3/c1-2-18(8-10-3-4-10)14-12-7-11(15)5-6-13(12)16-9-17-14/h5-7,9-10H,2-4,8H2,1H3. The van der Waals surface area contributed by atoms with Crippen LogP contribution in [0.3, 0.4) is 0 Å². The molecule has 3 rings (SSSR count). The van der Waals surface area contributed by atoms with E-state index >= 15 is 0 Å². The van der Waals surface area contributed by atoms with Gasteiger partial charge in [-0.1, -0.05) is 15.9 Å². The Morgan fingerprint density at radius 3 is 2.89 bits per heavy atom. The van der Waals surface area contributed by atoms with Crippen molar-refractivity contribution < 1.29 is 0 Å². The van der Waals surface area contributed by atoms with Crippen LogP contribution in [0.4, 0.5) is 5.82 Å². The highest BCUT2D eigenvalue weighted by atomic mass is 79.9. The molecule has 0 unspecified atom stereocenters. The summed E-state index contributed by atoms with van der Waals surface area (Å²) in [5.41, 5.74) is 1.01. The highest BCUT2D eigenvalue weighted by molar-refractivity contribution is 9.10. The van der Waals surface area contributed by atoms with Gasteiger partial charge in [0.05, 0.1) is 5.52 Å². The molecule has 18 heavy (non-hydrogen) atoms. The SMILES string of the molecule is CCN(CC1CC1)c1ncnc2ccc(Br)cc12. The molecule has 1 aromatic heterocycles. The van der Waals surface area contributed by atoms with E-state index in [1.165, 1.54) is 12.8 Å². The minimum Gasteiger partial charge on any atom is -0.356 e. The summed E-state index contributed by atoms with van der Waals surface area (Å²) in [5.74, 6) is 1.93. The van der Waals surface area contributed by atoms with Crippen LogP contribution >= 0.6 is 15.9 Å². The lowest BCUT2D eigenvalue weighted by atomic mass is 10.2. The number of anilines is 1.